The minimum absolute atomic E-state index is 0.0218. The van der Waals surface area contributed by atoms with Crippen molar-refractivity contribution in [3.8, 4) is 0 Å². The van der Waals surface area contributed by atoms with Crippen LogP contribution >= 0.6 is 0 Å². The minimum Gasteiger partial charge on any atom is -0.378 e. The maximum absolute atomic E-state index is 12.3. The normalized spacial score (nSPS) is 29.2. The van der Waals surface area contributed by atoms with Crippen LogP contribution in [0.2, 0.25) is 0 Å². The first-order valence-corrected chi connectivity index (χ1v) is 8.67. The first-order valence-electron chi connectivity index (χ1n) is 8.67. The fraction of sp³-hybridized carbons (Fsp3) is 0.941. The van der Waals surface area contributed by atoms with Crippen molar-refractivity contribution in [1.29, 1.82) is 0 Å². The molecule has 2 saturated carbocycles. The summed E-state index contributed by atoms with van der Waals surface area (Å²) in [6, 6.07) is -0.114. The Labute approximate surface area is 129 Å². The minimum atomic E-state index is -0.378. The van der Waals surface area contributed by atoms with Gasteiger partial charge in [-0.1, -0.05) is 33.1 Å². The lowest BCUT2D eigenvalue weighted by molar-refractivity contribution is -0.157. The van der Waals surface area contributed by atoms with Gasteiger partial charge in [0.05, 0.1) is 12.1 Å². The SMILES string of the molecule is CCOC1CC(NC(=O)[C@@H](N)CC(C)C)C12CCCCC2. The van der Waals surface area contributed by atoms with Crippen LogP contribution in [0.3, 0.4) is 0 Å². The van der Waals surface area contributed by atoms with Crippen molar-refractivity contribution in [2.45, 2.75) is 83.9 Å². The highest BCUT2D eigenvalue weighted by atomic mass is 16.5. The Balaban J connectivity index is 1.94. The molecule has 0 aromatic rings. The summed E-state index contributed by atoms with van der Waals surface area (Å²) in [7, 11) is 0. The Morgan fingerprint density at radius 2 is 2.00 bits per heavy atom. The van der Waals surface area contributed by atoms with Gasteiger partial charge >= 0.3 is 0 Å². The largest absolute Gasteiger partial charge is 0.378 e. The molecule has 2 rings (SSSR count). The van der Waals surface area contributed by atoms with Gasteiger partial charge in [-0.05, 0) is 38.5 Å². The van der Waals surface area contributed by atoms with E-state index in [1.54, 1.807) is 0 Å². The zero-order valence-corrected chi connectivity index (χ0v) is 13.9. The van der Waals surface area contributed by atoms with Crippen LogP contribution in [0, 0.1) is 11.3 Å². The highest BCUT2D eigenvalue weighted by Crippen LogP contribution is 2.53. The van der Waals surface area contributed by atoms with Gasteiger partial charge in [0.2, 0.25) is 5.91 Å². The van der Waals surface area contributed by atoms with Gasteiger partial charge < -0.3 is 15.8 Å². The van der Waals surface area contributed by atoms with Crippen LogP contribution in [0.15, 0.2) is 0 Å². The number of nitrogens with one attached hydrogen (secondary N) is 1. The summed E-state index contributed by atoms with van der Waals surface area (Å²) in [4.78, 5) is 12.3. The highest BCUT2D eigenvalue weighted by Gasteiger charge is 2.56. The number of carbonyl (C=O) groups excluding carboxylic acids is 1. The average molecular weight is 296 g/mol. The monoisotopic (exact) mass is 296 g/mol. The predicted molar refractivity (Wildman–Crippen MR) is 84.9 cm³/mol. The van der Waals surface area contributed by atoms with Crippen LogP contribution in [-0.2, 0) is 9.53 Å². The molecule has 0 radical (unpaired) electrons. The lowest BCUT2D eigenvalue weighted by atomic mass is 9.55. The van der Waals surface area contributed by atoms with Gasteiger partial charge in [-0.2, -0.15) is 0 Å². The quantitative estimate of drug-likeness (QED) is 0.792. The molecule has 0 heterocycles. The van der Waals surface area contributed by atoms with Gasteiger partial charge in [-0.25, -0.2) is 0 Å². The van der Waals surface area contributed by atoms with E-state index in [1.165, 1.54) is 32.1 Å². The fourth-order valence-electron chi connectivity index (χ4n) is 4.16. The van der Waals surface area contributed by atoms with E-state index in [0.29, 0.717) is 12.0 Å². The Hall–Kier alpha value is -0.610. The van der Waals surface area contributed by atoms with E-state index in [0.717, 1.165) is 19.4 Å². The van der Waals surface area contributed by atoms with Crippen molar-refractivity contribution in [3.05, 3.63) is 0 Å². The third kappa shape index (κ3) is 3.59. The molecule has 0 aliphatic heterocycles. The molecular weight excluding hydrogens is 264 g/mol. The Bertz CT molecular complexity index is 351. The van der Waals surface area contributed by atoms with Crippen molar-refractivity contribution in [2.75, 3.05) is 6.61 Å². The van der Waals surface area contributed by atoms with Crippen LogP contribution in [0.5, 0.6) is 0 Å². The van der Waals surface area contributed by atoms with E-state index in [-0.39, 0.29) is 23.4 Å². The number of ether oxygens (including phenoxy) is 1. The summed E-state index contributed by atoms with van der Waals surface area (Å²) in [6.07, 6.45) is 8.23. The second-order valence-electron chi connectivity index (χ2n) is 7.27. The van der Waals surface area contributed by atoms with Crippen LogP contribution in [0.4, 0.5) is 0 Å². The van der Waals surface area contributed by atoms with Crippen LogP contribution < -0.4 is 11.1 Å². The van der Waals surface area contributed by atoms with Crippen molar-refractivity contribution in [2.24, 2.45) is 17.1 Å². The smallest absolute Gasteiger partial charge is 0.237 e. The van der Waals surface area contributed by atoms with E-state index in [1.807, 2.05) is 0 Å². The summed E-state index contributed by atoms with van der Waals surface area (Å²) < 4.78 is 5.93. The van der Waals surface area contributed by atoms with E-state index in [2.05, 4.69) is 26.1 Å². The number of rotatable bonds is 6. The maximum atomic E-state index is 12.3. The summed E-state index contributed by atoms with van der Waals surface area (Å²) in [5.74, 6) is 0.473. The first-order chi connectivity index (χ1) is 9.99. The molecule has 0 aromatic carbocycles. The van der Waals surface area contributed by atoms with E-state index in [4.69, 9.17) is 10.5 Å². The molecule has 0 saturated heterocycles. The topological polar surface area (TPSA) is 64.3 Å². The van der Waals surface area contributed by atoms with Gasteiger partial charge in [0.25, 0.3) is 0 Å². The number of hydrogen-bond donors (Lipinski definition) is 2. The number of hydrogen-bond acceptors (Lipinski definition) is 3. The Morgan fingerprint density at radius 3 is 2.57 bits per heavy atom. The third-order valence-electron chi connectivity index (χ3n) is 5.32. The fourth-order valence-corrected chi connectivity index (χ4v) is 4.16. The zero-order valence-electron chi connectivity index (χ0n) is 13.9. The van der Waals surface area contributed by atoms with Gasteiger partial charge in [-0.15, -0.1) is 0 Å². The molecule has 2 aliphatic carbocycles. The molecule has 122 valence electrons. The van der Waals surface area contributed by atoms with Gasteiger partial charge in [0.1, 0.15) is 0 Å². The molecule has 2 fully saturated rings. The molecule has 0 bridgehead atoms. The highest BCUT2D eigenvalue weighted by molar-refractivity contribution is 5.82. The molecule has 1 spiro atoms. The van der Waals surface area contributed by atoms with Crippen molar-refractivity contribution in [1.82, 2.24) is 5.32 Å². The summed E-state index contributed by atoms with van der Waals surface area (Å²) in [5.41, 5.74) is 6.20. The average Bonchev–Trinajstić information content (AvgIpc) is 2.46. The molecule has 3 atom stereocenters. The molecule has 2 aliphatic rings. The molecular formula is C17H32N2O2. The van der Waals surface area contributed by atoms with Crippen molar-refractivity contribution < 1.29 is 9.53 Å². The summed E-state index contributed by atoms with van der Waals surface area (Å²) >= 11 is 0. The van der Waals surface area contributed by atoms with Crippen molar-refractivity contribution >= 4 is 5.91 Å². The second kappa shape index (κ2) is 7.10. The van der Waals surface area contributed by atoms with E-state index < -0.39 is 0 Å². The van der Waals surface area contributed by atoms with Gasteiger partial charge in [0, 0.05) is 18.1 Å². The van der Waals surface area contributed by atoms with Crippen molar-refractivity contribution in [3.63, 3.8) is 0 Å². The number of amides is 1. The summed E-state index contributed by atoms with van der Waals surface area (Å²) in [5, 5.41) is 3.23. The molecule has 0 aromatic heterocycles. The van der Waals surface area contributed by atoms with Gasteiger partial charge in [-0.3, -0.25) is 4.79 Å². The molecule has 1 amide bonds. The zero-order chi connectivity index (χ0) is 15.5. The maximum Gasteiger partial charge on any atom is 0.237 e. The molecule has 2 unspecified atom stereocenters. The molecule has 21 heavy (non-hydrogen) atoms. The molecule has 4 heteroatoms. The second-order valence-corrected chi connectivity index (χ2v) is 7.27. The van der Waals surface area contributed by atoms with Crippen LogP contribution in [0.25, 0.3) is 0 Å². The standard InChI is InChI=1S/C17H32N2O2/c1-4-21-15-11-14(17(15)8-6-5-7-9-17)19-16(20)13(18)10-12(2)3/h12-15H,4-11,18H2,1-3H3,(H,19,20)/t13-,14?,15?/m0/s1. The predicted octanol–water partition coefficient (Wildman–Crippen LogP) is 2.60. The lowest BCUT2D eigenvalue weighted by Gasteiger charge is -2.57. The lowest BCUT2D eigenvalue weighted by Crippen LogP contribution is -2.66. The Kier molecular flexibility index (Phi) is 5.67. The summed E-state index contributed by atoms with van der Waals surface area (Å²) in [6.45, 7) is 7.02. The van der Waals surface area contributed by atoms with Crippen LogP contribution in [0.1, 0.15) is 65.7 Å². The van der Waals surface area contributed by atoms with E-state index >= 15 is 0 Å². The molecule has 3 N–H and O–H groups in total. The Morgan fingerprint density at radius 1 is 1.33 bits per heavy atom. The van der Waals surface area contributed by atoms with Crippen LogP contribution in [-0.4, -0.2) is 30.7 Å². The molecule has 4 nitrogen and oxygen atoms in total. The number of carbonyl (C=O) groups is 1. The first kappa shape index (κ1) is 16.8. The van der Waals surface area contributed by atoms with Gasteiger partial charge in [0.15, 0.2) is 0 Å². The third-order valence-corrected chi connectivity index (χ3v) is 5.32. The van der Waals surface area contributed by atoms with E-state index in [9.17, 15) is 4.79 Å². The number of nitrogens with two attached hydrogens (primary N) is 1.